The molecule has 1 aliphatic heterocycles. The van der Waals surface area contributed by atoms with E-state index in [-0.39, 0.29) is 5.91 Å². The van der Waals surface area contributed by atoms with E-state index in [2.05, 4.69) is 20.4 Å². The third-order valence-corrected chi connectivity index (χ3v) is 6.26. The van der Waals surface area contributed by atoms with E-state index in [1.54, 1.807) is 10.6 Å². The second kappa shape index (κ2) is 10.5. The quantitative estimate of drug-likeness (QED) is 0.502. The van der Waals surface area contributed by atoms with Gasteiger partial charge in [0.2, 0.25) is 10.3 Å². The minimum absolute atomic E-state index is 0.135. The first-order valence-electron chi connectivity index (χ1n) is 11.1. The zero-order chi connectivity index (χ0) is 22.3. The Labute approximate surface area is 192 Å². The van der Waals surface area contributed by atoms with Crippen LogP contribution in [0.5, 0.6) is 11.5 Å². The van der Waals surface area contributed by atoms with Crippen molar-refractivity contribution in [3.8, 4) is 16.6 Å². The fraction of sp³-hybridized carbons (Fsp3) is 0.435. The van der Waals surface area contributed by atoms with Crippen molar-refractivity contribution >= 4 is 22.4 Å². The summed E-state index contributed by atoms with van der Waals surface area (Å²) in [6, 6.07) is 9.56. The van der Waals surface area contributed by atoms with Gasteiger partial charge in [0.05, 0.1) is 13.2 Å². The van der Waals surface area contributed by atoms with Gasteiger partial charge in [-0.15, -0.1) is 10.2 Å². The Morgan fingerprint density at radius 3 is 2.59 bits per heavy atom. The van der Waals surface area contributed by atoms with E-state index in [0.717, 1.165) is 35.3 Å². The number of carbonyl (C=O) groups is 1. The first-order chi connectivity index (χ1) is 15.7. The van der Waals surface area contributed by atoms with Crippen LogP contribution >= 0.6 is 11.3 Å². The molecular formula is C23H29N5O3S. The summed E-state index contributed by atoms with van der Waals surface area (Å²) in [4.78, 5) is 15.1. The molecule has 9 heteroatoms. The maximum atomic E-state index is 12.8. The number of nitrogens with zero attached hydrogens (tertiary/aromatic N) is 4. The number of rotatable bonds is 10. The van der Waals surface area contributed by atoms with Gasteiger partial charge in [0.15, 0.2) is 11.5 Å². The van der Waals surface area contributed by atoms with Gasteiger partial charge in [-0.1, -0.05) is 17.4 Å². The minimum Gasteiger partial charge on any atom is -0.490 e. The highest BCUT2D eigenvalue weighted by Crippen LogP contribution is 2.29. The second-order valence-corrected chi connectivity index (χ2v) is 8.41. The van der Waals surface area contributed by atoms with E-state index in [1.807, 2.05) is 44.3 Å². The summed E-state index contributed by atoms with van der Waals surface area (Å²) >= 11 is 1.51. The molecule has 3 aromatic rings. The van der Waals surface area contributed by atoms with Gasteiger partial charge in [0.1, 0.15) is 5.69 Å². The van der Waals surface area contributed by atoms with Crippen molar-refractivity contribution in [3.63, 3.8) is 0 Å². The fourth-order valence-electron chi connectivity index (χ4n) is 3.74. The average molecular weight is 456 g/mol. The highest BCUT2D eigenvalue weighted by Gasteiger charge is 2.19. The zero-order valence-electron chi connectivity index (χ0n) is 18.5. The van der Waals surface area contributed by atoms with Crippen LogP contribution in [0.15, 0.2) is 36.5 Å². The van der Waals surface area contributed by atoms with Crippen LogP contribution in [-0.4, -0.2) is 53.5 Å². The van der Waals surface area contributed by atoms with Crippen molar-refractivity contribution in [2.75, 3.05) is 37.7 Å². The Kier molecular flexibility index (Phi) is 7.26. The predicted octanol–water partition coefficient (Wildman–Crippen LogP) is 3.70. The van der Waals surface area contributed by atoms with Gasteiger partial charge in [-0.2, -0.15) is 0 Å². The Morgan fingerprint density at radius 1 is 1.06 bits per heavy atom. The number of ether oxygens (including phenoxy) is 2. The van der Waals surface area contributed by atoms with E-state index < -0.39 is 0 Å². The third kappa shape index (κ3) is 5.04. The largest absolute Gasteiger partial charge is 0.490 e. The first kappa shape index (κ1) is 22.1. The van der Waals surface area contributed by atoms with E-state index in [4.69, 9.17) is 9.47 Å². The smallest absolute Gasteiger partial charge is 0.268 e. The van der Waals surface area contributed by atoms with E-state index in [1.165, 1.54) is 24.2 Å². The summed E-state index contributed by atoms with van der Waals surface area (Å²) in [6.45, 7) is 7.60. The molecule has 8 nitrogen and oxygen atoms in total. The van der Waals surface area contributed by atoms with Crippen LogP contribution in [-0.2, 0) is 6.42 Å². The molecule has 0 unspecified atom stereocenters. The van der Waals surface area contributed by atoms with Crippen LogP contribution in [0.3, 0.4) is 0 Å². The number of anilines is 1. The molecule has 170 valence electrons. The molecule has 0 bridgehead atoms. The van der Waals surface area contributed by atoms with Gasteiger partial charge in [0, 0.05) is 25.8 Å². The average Bonchev–Trinajstić information content (AvgIpc) is 3.55. The van der Waals surface area contributed by atoms with Crippen LogP contribution in [0, 0.1) is 0 Å². The molecule has 4 rings (SSSR count). The number of nitrogens with one attached hydrogen (secondary N) is 1. The molecule has 1 amide bonds. The van der Waals surface area contributed by atoms with Crippen molar-refractivity contribution in [1.82, 2.24) is 20.1 Å². The number of hydrogen-bond donors (Lipinski definition) is 1. The van der Waals surface area contributed by atoms with Gasteiger partial charge < -0.3 is 19.7 Å². The van der Waals surface area contributed by atoms with Gasteiger partial charge in [-0.3, -0.25) is 9.36 Å². The minimum atomic E-state index is -0.135. The van der Waals surface area contributed by atoms with Crippen LogP contribution in [0.2, 0.25) is 0 Å². The van der Waals surface area contributed by atoms with Crippen molar-refractivity contribution < 1.29 is 14.3 Å². The molecule has 2 aromatic heterocycles. The molecule has 3 heterocycles. The van der Waals surface area contributed by atoms with Gasteiger partial charge in [0.25, 0.3) is 5.91 Å². The van der Waals surface area contributed by atoms with Crippen molar-refractivity contribution in [1.29, 1.82) is 0 Å². The Morgan fingerprint density at radius 2 is 1.81 bits per heavy atom. The summed E-state index contributed by atoms with van der Waals surface area (Å²) < 4.78 is 13.1. The van der Waals surface area contributed by atoms with Crippen molar-refractivity contribution in [2.24, 2.45) is 0 Å². The van der Waals surface area contributed by atoms with E-state index >= 15 is 0 Å². The lowest BCUT2D eigenvalue weighted by Gasteiger charge is -2.13. The highest BCUT2D eigenvalue weighted by atomic mass is 32.1. The first-order valence-corrected chi connectivity index (χ1v) is 11.9. The molecule has 0 atom stereocenters. The molecule has 0 saturated carbocycles. The normalized spacial score (nSPS) is 13.4. The standard InChI is InChI=1S/C23H29N5O3S/c1-3-30-19-10-9-17(16-20(19)31-4-2)11-12-24-21(29)18-8-7-15-28(18)23-26-25-22(32-23)27-13-5-6-14-27/h7-10,15-16H,3-6,11-14H2,1-2H3,(H,24,29). The van der Waals surface area contributed by atoms with E-state index in [0.29, 0.717) is 37.0 Å². The van der Waals surface area contributed by atoms with Crippen LogP contribution in [0.4, 0.5) is 5.13 Å². The molecule has 1 fully saturated rings. The SMILES string of the molecule is CCOc1ccc(CCNC(=O)c2cccn2-c2nnc(N3CCCC3)s2)cc1OCC. The summed E-state index contributed by atoms with van der Waals surface area (Å²) in [5, 5.41) is 13.3. The molecule has 1 aliphatic rings. The zero-order valence-corrected chi connectivity index (χ0v) is 19.4. The number of carbonyl (C=O) groups excluding carboxylic acids is 1. The molecular weight excluding hydrogens is 426 g/mol. The lowest BCUT2D eigenvalue weighted by molar-refractivity contribution is 0.0947. The van der Waals surface area contributed by atoms with E-state index in [9.17, 15) is 4.79 Å². The molecule has 32 heavy (non-hydrogen) atoms. The van der Waals surface area contributed by atoms with Gasteiger partial charge in [-0.05, 0) is 62.9 Å². The van der Waals surface area contributed by atoms with Crippen LogP contribution < -0.4 is 19.7 Å². The maximum absolute atomic E-state index is 12.8. The Hall–Kier alpha value is -3.07. The number of aromatic nitrogens is 3. The summed E-state index contributed by atoms with van der Waals surface area (Å²) in [7, 11) is 0. The topological polar surface area (TPSA) is 81.5 Å². The summed E-state index contributed by atoms with van der Waals surface area (Å²) in [6.07, 6.45) is 4.92. The highest BCUT2D eigenvalue weighted by molar-refractivity contribution is 7.17. The van der Waals surface area contributed by atoms with Crippen molar-refractivity contribution in [3.05, 3.63) is 47.8 Å². The fourth-order valence-corrected chi connectivity index (χ4v) is 4.63. The summed E-state index contributed by atoms with van der Waals surface area (Å²) in [5.74, 6) is 1.34. The predicted molar refractivity (Wildman–Crippen MR) is 126 cm³/mol. The second-order valence-electron chi connectivity index (χ2n) is 7.48. The Balaban J connectivity index is 1.37. The van der Waals surface area contributed by atoms with Crippen molar-refractivity contribution in [2.45, 2.75) is 33.1 Å². The van der Waals surface area contributed by atoms with Crippen LogP contribution in [0.25, 0.3) is 5.13 Å². The Bertz CT molecular complexity index is 1040. The number of hydrogen-bond acceptors (Lipinski definition) is 7. The third-order valence-electron chi connectivity index (χ3n) is 5.27. The number of amides is 1. The molecule has 0 radical (unpaired) electrons. The van der Waals surface area contributed by atoms with Gasteiger partial charge >= 0.3 is 0 Å². The maximum Gasteiger partial charge on any atom is 0.268 e. The molecule has 1 saturated heterocycles. The van der Waals surface area contributed by atoms with Crippen LogP contribution in [0.1, 0.15) is 42.7 Å². The molecule has 1 aromatic carbocycles. The molecule has 1 N–H and O–H groups in total. The lowest BCUT2D eigenvalue weighted by atomic mass is 10.1. The number of benzene rings is 1. The lowest BCUT2D eigenvalue weighted by Crippen LogP contribution is -2.27. The summed E-state index contributed by atoms with van der Waals surface area (Å²) in [5.41, 5.74) is 1.63. The van der Waals surface area contributed by atoms with Gasteiger partial charge in [-0.25, -0.2) is 0 Å². The monoisotopic (exact) mass is 455 g/mol. The molecule has 0 aliphatic carbocycles. The molecule has 0 spiro atoms.